The van der Waals surface area contributed by atoms with Gasteiger partial charge in [-0.25, -0.2) is 0 Å². The van der Waals surface area contributed by atoms with Crippen LogP contribution in [0.3, 0.4) is 0 Å². The second-order valence-corrected chi connectivity index (χ2v) is 5.89. The highest BCUT2D eigenvalue weighted by Crippen LogP contribution is 2.32. The number of hydrogen-bond donors (Lipinski definition) is 2. The number of hydrogen-bond acceptors (Lipinski definition) is 3. The Morgan fingerprint density at radius 2 is 2.00 bits per heavy atom. The Hall–Kier alpha value is -1.77. The van der Waals surface area contributed by atoms with Crippen LogP contribution >= 0.6 is 0 Å². The maximum absolute atomic E-state index is 6.30. The van der Waals surface area contributed by atoms with Crippen molar-refractivity contribution in [3.05, 3.63) is 30.6 Å². The van der Waals surface area contributed by atoms with Gasteiger partial charge in [0.15, 0.2) is 0 Å². The summed E-state index contributed by atoms with van der Waals surface area (Å²) in [4.78, 5) is 4.14. The number of nitrogens with one attached hydrogen (secondary N) is 1. The van der Waals surface area contributed by atoms with Crippen LogP contribution in [-0.4, -0.2) is 11.0 Å². The minimum Gasteiger partial charge on any atom is -0.397 e. The highest BCUT2D eigenvalue weighted by Gasteiger charge is 2.20. The number of nitrogens with zero attached hydrogens (tertiary/aromatic N) is 1. The Labute approximate surface area is 120 Å². The van der Waals surface area contributed by atoms with E-state index in [9.17, 15) is 0 Å². The van der Waals surface area contributed by atoms with Gasteiger partial charge in [-0.05, 0) is 43.7 Å². The van der Waals surface area contributed by atoms with E-state index in [0.29, 0.717) is 6.04 Å². The third-order valence-electron chi connectivity index (χ3n) is 4.65. The number of aromatic nitrogens is 1. The fourth-order valence-corrected chi connectivity index (χ4v) is 3.25. The zero-order valence-corrected chi connectivity index (χ0v) is 12.1. The number of nitrogens with two attached hydrogens (primary N) is 1. The third kappa shape index (κ3) is 2.58. The molecule has 0 atom stereocenters. The van der Waals surface area contributed by atoms with Gasteiger partial charge in [-0.1, -0.05) is 19.4 Å². The molecule has 1 aromatic carbocycles. The van der Waals surface area contributed by atoms with Crippen molar-refractivity contribution in [2.24, 2.45) is 5.92 Å². The van der Waals surface area contributed by atoms with Crippen LogP contribution in [0.2, 0.25) is 0 Å². The molecule has 20 heavy (non-hydrogen) atoms. The molecule has 0 spiro atoms. The zero-order valence-electron chi connectivity index (χ0n) is 12.1. The number of benzene rings is 1. The lowest BCUT2D eigenvalue weighted by molar-refractivity contribution is 0.330. The molecule has 0 bridgehead atoms. The fraction of sp³-hybridized carbons (Fsp3) is 0.471. The lowest BCUT2D eigenvalue weighted by Crippen LogP contribution is -2.26. The summed E-state index contributed by atoms with van der Waals surface area (Å²) < 4.78 is 0. The molecular formula is C17H23N3. The second kappa shape index (κ2) is 5.70. The zero-order chi connectivity index (χ0) is 13.9. The first kappa shape index (κ1) is 13.2. The molecule has 1 heterocycles. The van der Waals surface area contributed by atoms with Crippen molar-refractivity contribution in [2.75, 3.05) is 11.1 Å². The molecule has 1 fully saturated rings. The van der Waals surface area contributed by atoms with Gasteiger partial charge >= 0.3 is 0 Å². The number of nitrogen functional groups attached to an aromatic ring is 1. The minimum atomic E-state index is 0.569. The van der Waals surface area contributed by atoms with Crippen molar-refractivity contribution in [1.29, 1.82) is 0 Å². The van der Waals surface area contributed by atoms with E-state index in [1.807, 2.05) is 12.3 Å². The predicted octanol–water partition coefficient (Wildman–Crippen LogP) is 4.20. The van der Waals surface area contributed by atoms with Crippen LogP contribution in [0.15, 0.2) is 30.6 Å². The molecule has 0 aliphatic heterocycles. The lowest BCUT2D eigenvalue weighted by Gasteiger charge is -2.29. The van der Waals surface area contributed by atoms with Crippen LogP contribution in [0.5, 0.6) is 0 Å². The van der Waals surface area contributed by atoms with Crippen molar-refractivity contribution < 1.29 is 0 Å². The van der Waals surface area contributed by atoms with Crippen molar-refractivity contribution >= 4 is 22.1 Å². The Morgan fingerprint density at radius 1 is 1.20 bits per heavy atom. The van der Waals surface area contributed by atoms with Gasteiger partial charge < -0.3 is 11.1 Å². The fourth-order valence-electron chi connectivity index (χ4n) is 3.25. The molecule has 1 saturated carbocycles. The summed E-state index contributed by atoms with van der Waals surface area (Å²) in [5, 5.41) is 5.83. The number of fused-ring (bicyclic) bond motifs is 1. The summed E-state index contributed by atoms with van der Waals surface area (Å²) in [6.45, 7) is 2.30. The third-order valence-corrected chi connectivity index (χ3v) is 4.65. The molecule has 0 radical (unpaired) electrons. The maximum atomic E-state index is 6.30. The lowest BCUT2D eigenvalue weighted by atomic mass is 9.84. The Bertz CT molecular complexity index is 586. The van der Waals surface area contributed by atoms with Crippen LogP contribution in [0.1, 0.15) is 39.0 Å². The van der Waals surface area contributed by atoms with Crippen molar-refractivity contribution in [3.8, 4) is 0 Å². The topological polar surface area (TPSA) is 50.9 Å². The molecule has 0 amide bonds. The molecular weight excluding hydrogens is 246 g/mol. The molecule has 1 aliphatic carbocycles. The van der Waals surface area contributed by atoms with Crippen molar-refractivity contribution in [1.82, 2.24) is 4.98 Å². The molecule has 3 rings (SSSR count). The number of anilines is 2. The van der Waals surface area contributed by atoms with Crippen LogP contribution in [0, 0.1) is 5.92 Å². The molecule has 0 unspecified atom stereocenters. The van der Waals surface area contributed by atoms with E-state index in [-0.39, 0.29) is 0 Å². The summed E-state index contributed by atoms with van der Waals surface area (Å²) in [6.07, 6.45) is 10.2. The first-order valence-electron chi connectivity index (χ1n) is 7.66. The van der Waals surface area contributed by atoms with Crippen LogP contribution in [0.25, 0.3) is 10.8 Å². The summed E-state index contributed by atoms with van der Waals surface area (Å²) in [6, 6.07) is 6.74. The van der Waals surface area contributed by atoms with Crippen molar-refractivity contribution in [2.45, 2.75) is 45.1 Å². The van der Waals surface area contributed by atoms with E-state index in [2.05, 4.69) is 29.4 Å². The van der Waals surface area contributed by atoms with Gasteiger partial charge in [0.05, 0.1) is 11.4 Å². The van der Waals surface area contributed by atoms with Gasteiger partial charge in [0.1, 0.15) is 0 Å². The first-order valence-corrected chi connectivity index (χ1v) is 7.66. The van der Waals surface area contributed by atoms with E-state index in [1.54, 1.807) is 6.20 Å². The first-order chi connectivity index (χ1) is 9.78. The normalized spacial score (nSPS) is 22.9. The molecule has 1 aliphatic rings. The molecule has 3 N–H and O–H groups in total. The maximum Gasteiger partial charge on any atom is 0.0630 e. The van der Waals surface area contributed by atoms with Gasteiger partial charge in [-0.15, -0.1) is 0 Å². The average Bonchev–Trinajstić information content (AvgIpc) is 2.51. The van der Waals surface area contributed by atoms with Crippen LogP contribution < -0.4 is 11.1 Å². The van der Waals surface area contributed by atoms with Crippen molar-refractivity contribution in [3.63, 3.8) is 0 Å². The summed E-state index contributed by atoms with van der Waals surface area (Å²) >= 11 is 0. The van der Waals surface area contributed by atoms with E-state index in [0.717, 1.165) is 28.1 Å². The summed E-state index contributed by atoms with van der Waals surface area (Å²) in [7, 11) is 0. The van der Waals surface area contributed by atoms with Crippen LogP contribution in [-0.2, 0) is 0 Å². The van der Waals surface area contributed by atoms with E-state index in [1.165, 1.54) is 32.1 Å². The quantitative estimate of drug-likeness (QED) is 0.821. The Kier molecular flexibility index (Phi) is 3.77. The Morgan fingerprint density at radius 3 is 2.75 bits per heavy atom. The molecule has 3 heteroatoms. The second-order valence-electron chi connectivity index (χ2n) is 5.89. The van der Waals surface area contributed by atoms with Gasteiger partial charge in [-0.2, -0.15) is 0 Å². The summed E-state index contributed by atoms with van der Waals surface area (Å²) in [5.41, 5.74) is 8.22. The van der Waals surface area contributed by atoms with E-state index >= 15 is 0 Å². The van der Waals surface area contributed by atoms with E-state index < -0.39 is 0 Å². The number of rotatable bonds is 3. The van der Waals surface area contributed by atoms with Gasteiger partial charge in [0, 0.05) is 29.2 Å². The standard InChI is InChI=1S/C17H23N3/c1-2-12-3-6-14(7-4-12)20-16-8-5-13-11-19-10-9-15(13)17(16)18/h5,8-12,14,20H,2-4,6-7,18H2,1H3. The highest BCUT2D eigenvalue weighted by atomic mass is 14.9. The number of pyridine rings is 1. The Balaban J connectivity index is 1.76. The SMILES string of the molecule is CCC1CCC(Nc2ccc3cnccc3c2N)CC1. The smallest absolute Gasteiger partial charge is 0.0630 e. The predicted molar refractivity (Wildman–Crippen MR) is 85.8 cm³/mol. The molecule has 2 aromatic rings. The van der Waals surface area contributed by atoms with Gasteiger partial charge in [-0.3, -0.25) is 4.98 Å². The largest absolute Gasteiger partial charge is 0.397 e. The molecule has 0 saturated heterocycles. The minimum absolute atomic E-state index is 0.569. The monoisotopic (exact) mass is 269 g/mol. The summed E-state index contributed by atoms with van der Waals surface area (Å²) in [5.74, 6) is 0.924. The van der Waals surface area contributed by atoms with Gasteiger partial charge in [0.2, 0.25) is 0 Å². The molecule has 3 nitrogen and oxygen atoms in total. The molecule has 1 aromatic heterocycles. The molecule has 106 valence electrons. The van der Waals surface area contributed by atoms with Gasteiger partial charge in [0.25, 0.3) is 0 Å². The highest BCUT2D eigenvalue weighted by molar-refractivity contribution is 5.98. The average molecular weight is 269 g/mol. The van der Waals surface area contributed by atoms with E-state index in [4.69, 9.17) is 5.73 Å². The van der Waals surface area contributed by atoms with Crippen LogP contribution in [0.4, 0.5) is 11.4 Å².